The van der Waals surface area contributed by atoms with E-state index in [0.717, 1.165) is 21.5 Å². The Kier molecular flexibility index (Phi) is 3.40. The first-order valence-corrected chi connectivity index (χ1v) is 8.63. The minimum Gasteiger partial charge on any atom is -0.346 e. The summed E-state index contributed by atoms with van der Waals surface area (Å²) in [6.07, 6.45) is 4.16. The predicted molar refractivity (Wildman–Crippen MR) is 87.3 cm³/mol. The minimum absolute atomic E-state index is 0.0606. The van der Waals surface area contributed by atoms with Crippen LogP contribution in [0.4, 0.5) is 0 Å². The van der Waals surface area contributed by atoms with Crippen LogP contribution in [-0.4, -0.2) is 41.5 Å². The third-order valence-electron chi connectivity index (χ3n) is 4.65. The topological polar surface area (TPSA) is 45.2 Å². The van der Waals surface area contributed by atoms with Gasteiger partial charge in [-0.2, -0.15) is 0 Å². The summed E-state index contributed by atoms with van der Waals surface area (Å²) in [6, 6.07) is 2.13. The Hall–Kier alpha value is -1.11. The predicted octanol–water partition coefficient (Wildman–Crippen LogP) is 2.41. The molecule has 0 radical (unpaired) electrons. The van der Waals surface area contributed by atoms with Crippen LogP contribution in [0.2, 0.25) is 0 Å². The van der Waals surface area contributed by atoms with Crippen molar-refractivity contribution in [1.82, 2.24) is 15.2 Å². The largest absolute Gasteiger partial charge is 0.346 e. The lowest BCUT2D eigenvalue weighted by Gasteiger charge is -2.44. The Labute approximate surface area is 133 Å². The number of thiophene rings is 1. The minimum atomic E-state index is -0.0606. The van der Waals surface area contributed by atoms with Crippen LogP contribution in [0.1, 0.15) is 23.3 Å². The highest BCUT2D eigenvalue weighted by Gasteiger charge is 2.35. The van der Waals surface area contributed by atoms with E-state index in [1.165, 1.54) is 25.9 Å². The zero-order chi connectivity index (χ0) is 14.4. The molecule has 0 aliphatic carbocycles. The molecule has 110 valence electrons. The third-order valence-corrected chi connectivity index (χ3v) is 6.12. The Morgan fingerprint density at radius 1 is 1.43 bits per heavy atom. The lowest BCUT2D eigenvalue weighted by atomic mass is 9.84. The van der Waals surface area contributed by atoms with Crippen LogP contribution in [0.15, 0.2) is 22.5 Å². The maximum absolute atomic E-state index is 12.5. The fourth-order valence-corrected chi connectivity index (χ4v) is 4.61. The molecule has 1 amide bonds. The molecule has 3 fully saturated rings. The second-order valence-corrected chi connectivity index (χ2v) is 7.30. The molecule has 2 aromatic rings. The molecule has 0 saturated carbocycles. The van der Waals surface area contributed by atoms with Gasteiger partial charge in [0.15, 0.2) is 0 Å². The first-order chi connectivity index (χ1) is 10.2. The van der Waals surface area contributed by atoms with Gasteiger partial charge in [0.05, 0.1) is 4.70 Å². The molecule has 2 bridgehead atoms. The van der Waals surface area contributed by atoms with Crippen LogP contribution < -0.4 is 5.32 Å². The summed E-state index contributed by atoms with van der Waals surface area (Å²) in [7, 11) is 0. The van der Waals surface area contributed by atoms with Crippen molar-refractivity contribution in [2.24, 2.45) is 5.92 Å². The molecular formula is C15H17N3OS2. The maximum atomic E-state index is 12.5. The summed E-state index contributed by atoms with van der Waals surface area (Å²) in [5.41, 5.74) is 0.493. The van der Waals surface area contributed by atoms with E-state index in [4.69, 9.17) is 0 Å². The number of hydrogen-bond donors (Lipinski definition) is 2. The highest BCUT2D eigenvalue weighted by molar-refractivity contribution is 7.80. The van der Waals surface area contributed by atoms with E-state index < -0.39 is 0 Å². The maximum Gasteiger partial charge on any atom is 0.270 e. The molecule has 5 rings (SSSR count). The van der Waals surface area contributed by atoms with Crippen molar-refractivity contribution >= 4 is 40.0 Å². The van der Waals surface area contributed by atoms with Crippen molar-refractivity contribution < 1.29 is 4.79 Å². The van der Waals surface area contributed by atoms with Gasteiger partial charge in [0.1, 0.15) is 5.69 Å². The first kappa shape index (κ1) is 13.5. The van der Waals surface area contributed by atoms with Gasteiger partial charge in [-0.3, -0.25) is 4.79 Å². The van der Waals surface area contributed by atoms with Crippen LogP contribution in [0.25, 0.3) is 10.1 Å². The van der Waals surface area contributed by atoms with E-state index in [1.54, 1.807) is 17.5 Å². The summed E-state index contributed by atoms with van der Waals surface area (Å²) >= 11 is 6.03. The number of fused-ring (bicyclic) bond motifs is 4. The number of carbonyl (C=O) groups excluding carboxylic acids is 1. The average molecular weight is 319 g/mol. The summed E-state index contributed by atoms with van der Waals surface area (Å²) in [5.74, 6) is 0.568. The van der Waals surface area contributed by atoms with E-state index in [0.29, 0.717) is 11.6 Å². The van der Waals surface area contributed by atoms with Gasteiger partial charge in [0.2, 0.25) is 0 Å². The SMILES string of the molecule is O=C(N[C@H]1CN2CCC1CC2)c1cc2c(S)csc2cn1. The quantitative estimate of drug-likeness (QED) is 0.836. The molecule has 5 heterocycles. The third kappa shape index (κ3) is 2.45. The van der Waals surface area contributed by atoms with Crippen LogP contribution in [0.3, 0.4) is 0 Å². The number of piperidine rings is 3. The first-order valence-electron chi connectivity index (χ1n) is 7.30. The Morgan fingerprint density at radius 2 is 2.24 bits per heavy atom. The lowest BCUT2D eigenvalue weighted by Crippen LogP contribution is -2.57. The molecule has 4 nitrogen and oxygen atoms in total. The van der Waals surface area contributed by atoms with Crippen molar-refractivity contribution in [3.05, 3.63) is 23.3 Å². The lowest BCUT2D eigenvalue weighted by molar-refractivity contribution is 0.0618. The molecule has 1 N–H and O–H groups in total. The van der Waals surface area contributed by atoms with E-state index in [9.17, 15) is 4.79 Å². The molecule has 6 heteroatoms. The molecule has 3 saturated heterocycles. The number of carbonyl (C=O) groups is 1. The van der Waals surface area contributed by atoms with Gasteiger partial charge in [-0.05, 0) is 37.9 Å². The fourth-order valence-electron chi connectivity index (χ4n) is 3.41. The van der Waals surface area contributed by atoms with Gasteiger partial charge in [0, 0.05) is 34.4 Å². The van der Waals surface area contributed by atoms with Gasteiger partial charge in [-0.25, -0.2) is 4.98 Å². The smallest absolute Gasteiger partial charge is 0.270 e. The monoisotopic (exact) mass is 319 g/mol. The molecule has 3 aliphatic rings. The zero-order valence-corrected chi connectivity index (χ0v) is 13.3. The summed E-state index contributed by atoms with van der Waals surface area (Å²) in [6.45, 7) is 3.34. The van der Waals surface area contributed by atoms with Crippen LogP contribution in [0.5, 0.6) is 0 Å². The number of nitrogens with one attached hydrogen (secondary N) is 1. The molecule has 1 atom stereocenters. The molecule has 21 heavy (non-hydrogen) atoms. The van der Waals surface area contributed by atoms with Crippen molar-refractivity contribution in [3.63, 3.8) is 0 Å². The standard InChI is InChI=1S/C15H17N3OS2/c19-15(17-12-7-18-3-1-9(12)2-4-18)11-5-10-13(20)8-21-14(10)6-16-11/h5-6,8-9,12,20H,1-4,7H2,(H,17,19)/t12-/m0/s1. The van der Waals surface area contributed by atoms with Crippen LogP contribution in [0, 0.1) is 5.92 Å². The van der Waals surface area contributed by atoms with Gasteiger partial charge >= 0.3 is 0 Å². The molecular weight excluding hydrogens is 302 g/mol. The normalized spacial score (nSPS) is 28.0. The fraction of sp³-hybridized carbons (Fsp3) is 0.467. The number of nitrogens with zero attached hydrogens (tertiary/aromatic N) is 2. The molecule has 2 aromatic heterocycles. The van der Waals surface area contributed by atoms with E-state index >= 15 is 0 Å². The van der Waals surface area contributed by atoms with Crippen molar-refractivity contribution in [2.45, 2.75) is 23.8 Å². The van der Waals surface area contributed by atoms with Crippen LogP contribution in [-0.2, 0) is 0 Å². The van der Waals surface area contributed by atoms with Gasteiger partial charge in [-0.15, -0.1) is 24.0 Å². The molecule has 3 aliphatic heterocycles. The summed E-state index contributed by atoms with van der Waals surface area (Å²) in [5, 5.41) is 6.17. The van der Waals surface area contributed by atoms with Crippen molar-refractivity contribution in [2.75, 3.05) is 19.6 Å². The van der Waals surface area contributed by atoms with E-state index in [1.807, 2.05) is 11.4 Å². The number of thiol groups is 1. The van der Waals surface area contributed by atoms with Gasteiger partial charge in [-0.1, -0.05) is 0 Å². The number of aromatic nitrogens is 1. The highest BCUT2D eigenvalue weighted by atomic mass is 32.1. The number of pyridine rings is 1. The molecule has 0 spiro atoms. The van der Waals surface area contributed by atoms with Crippen LogP contribution >= 0.6 is 24.0 Å². The molecule has 0 unspecified atom stereocenters. The van der Waals surface area contributed by atoms with Crippen molar-refractivity contribution in [3.8, 4) is 0 Å². The average Bonchev–Trinajstić information content (AvgIpc) is 2.89. The van der Waals surface area contributed by atoms with E-state index in [2.05, 4.69) is 27.8 Å². The van der Waals surface area contributed by atoms with E-state index in [-0.39, 0.29) is 11.9 Å². The number of rotatable bonds is 2. The zero-order valence-electron chi connectivity index (χ0n) is 11.6. The molecule has 0 aromatic carbocycles. The number of hydrogen-bond acceptors (Lipinski definition) is 5. The highest BCUT2D eigenvalue weighted by Crippen LogP contribution is 2.29. The summed E-state index contributed by atoms with van der Waals surface area (Å²) < 4.78 is 1.07. The van der Waals surface area contributed by atoms with Gasteiger partial charge < -0.3 is 10.2 Å². The van der Waals surface area contributed by atoms with Crippen molar-refractivity contribution in [1.29, 1.82) is 0 Å². The number of amides is 1. The van der Waals surface area contributed by atoms with Gasteiger partial charge in [0.25, 0.3) is 5.91 Å². The Bertz CT molecular complexity index is 691. The Balaban J connectivity index is 1.54. The summed E-state index contributed by atoms with van der Waals surface area (Å²) in [4.78, 5) is 20.1. The Morgan fingerprint density at radius 3 is 2.95 bits per heavy atom. The second kappa shape index (κ2) is 5.26. The second-order valence-electron chi connectivity index (χ2n) is 5.90.